The van der Waals surface area contributed by atoms with Crippen molar-refractivity contribution < 1.29 is 4.79 Å². The Balaban J connectivity index is 2.46. The predicted molar refractivity (Wildman–Crippen MR) is 98.6 cm³/mol. The number of aryl methyl sites for hydroxylation is 1. The summed E-state index contributed by atoms with van der Waals surface area (Å²) in [4.78, 5) is 21.0. The van der Waals surface area contributed by atoms with E-state index in [1.54, 1.807) is 12.4 Å². The van der Waals surface area contributed by atoms with E-state index < -0.39 is 0 Å². The molecule has 136 valence electrons. The van der Waals surface area contributed by atoms with Gasteiger partial charge < -0.3 is 10.6 Å². The van der Waals surface area contributed by atoms with Crippen molar-refractivity contribution in [3.05, 3.63) is 23.8 Å². The number of hydrogen-bond donors (Lipinski definition) is 2. The van der Waals surface area contributed by atoms with Crippen LogP contribution in [0, 0.1) is 12.3 Å². The molecule has 0 saturated carbocycles. The molecule has 0 saturated heterocycles. The van der Waals surface area contributed by atoms with Gasteiger partial charge in [0, 0.05) is 12.2 Å². The lowest BCUT2D eigenvalue weighted by molar-refractivity contribution is -0.123. The highest BCUT2D eigenvalue weighted by Crippen LogP contribution is 2.22. The van der Waals surface area contributed by atoms with Crippen LogP contribution in [0.15, 0.2) is 12.4 Å². The molecular formula is C19H34N4O. The molecule has 0 aliphatic rings. The number of amides is 1. The standard InChI is InChI=1S/C19H34N4O/c1-14(2)23-17(9-7-8-10-19(4,5)6)18(24)22-13-16-12-20-15(3)11-21-16/h11-12,14,17,23H,7-10,13H2,1-6H3,(H,22,24). The second-order valence-electron chi connectivity index (χ2n) is 8.05. The molecule has 0 radical (unpaired) electrons. The molecule has 2 N–H and O–H groups in total. The first-order valence-electron chi connectivity index (χ1n) is 8.98. The zero-order valence-corrected chi connectivity index (χ0v) is 16.1. The molecule has 1 aromatic rings. The van der Waals surface area contributed by atoms with E-state index >= 15 is 0 Å². The van der Waals surface area contributed by atoms with Crippen LogP contribution in [-0.4, -0.2) is 28.0 Å². The summed E-state index contributed by atoms with van der Waals surface area (Å²) in [5.74, 6) is 0.0434. The second kappa shape index (κ2) is 9.72. The van der Waals surface area contributed by atoms with Crippen LogP contribution in [0.4, 0.5) is 0 Å². The van der Waals surface area contributed by atoms with Gasteiger partial charge in [0.2, 0.25) is 5.91 Å². The van der Waals surface area contributed by atoms with Gasteiger partial charge in [-0.05, 0) is 25.2 Å². The molecule has 0 spiro atoms. The summed E-state index contributed by atoms with van der Waals surface area (Å²) in [6.07, 6.45) is 7.68. The van der Waals surface area contributed by atoms with Gasteiger partial charge in [-0.3, -0.25) is 14.8 Å². The Labute approximate surface area is 147 Å². The minimum atomic E-state index is -0.150. The van der Waals surface area contributed by atoms with Gasteiger partial charge in [-0.2, -0.15) is 0 Å². The van der Waals surface area contributed by atoms with Gasteiger partial charge in [0.1, 0.15) is 0 Å². The Morgan fingerprint density at radius 1 is 1.17 bits per heavy atom. The molecule has 24 heavy (non-hydrogen) atoms. The third-order valence-electron chi connectivity index (χ3n) is 3.80. The molecule has 5 heteroatoms. The Hall–Kier alpha value is -1.49. The first-order valence-corrected chi connectivity index (χ1v) is 8.98. The Kier molecular flexibility index (Phi) is 8.32. The van der Waals surface area contributed by atoms with E-state index in [0.717, 1.165) is 30.7 Å². The fraction of sp³-hybridized carbons (Fsp3) is 0.737. The van der Waals surface area contributed by atoms with Crippen LogP contribution in [-0.2, 0) is 11.3 Å². The Morgan fingerprint density at radius 3 is 2.42 bits per heavy atom. The number of unbranched alkanes of at least 4 members (excludes halogenated alkanes) is 1. The largest absolute Gasteiger partial charge is 0.349 e. The average molecular weight is 335 g/mol. The molecule has 1 amide bonds. The zero-order chi connectivity index (χ0) is 18.2. The van der Waals surface area contributed by atoms with Crippen molar-refractivity contribution in [3.63, 3.8) is 0 Å². The number of rotatable bonds is 9. The third kappa shape index (κ3) is 8.96. The lowest BCUT2D eigenvalue weighted by Crippen LogP contribution is -2.46. The maximum atomic E-state index is 12.5. The molecule has 0 bridgehead atoms. The second-order valence-corrected chi connectivity index (χ2v) is 8.05. The maximum Gasteiger partial charge on any atom is 0.237 e. The van der Waals surface area contributed by atoms with E-state index in [1.165, 1.54) is 6.42 Å². The number of carbonyl (C=O) groups is 1. The summed E-state index contributed by atoms with van der Waals surface area (Å²) in [5.41, 5.74) is 2.01. The van der Waals surface area contributed by atoms with Gasteiger partial charge in [-0.1, -0.05) is 47.5 Å². The fourth-order valence-corrected chi connectivity index (χ4v) is 2.51. The van der Waals surface area contributed by atoms with Gasteiger partial charge in [-0.25, -0.2) is 0 Å². The molecule has 0 fully saturated rings. The van der Waals surface area contributed by atoms with Crippen molar-refractivity contribution in [3.8, 4) is 0 Å². The van der Waals surface area contributed by atoms with E-state index in [0.29, 0.717) is 12.0 Å². The summed E-state index contributed by atoms with van der Waals surface area (Å²) in [6.45, 7) is 13.2. The molecular weight excluding hydrogens is 300 g/mol. The number of aromatic nitrogens is 2. The van der Waals surface area contributed by atoms with Crippen molar-refractivity contribution >= 4 is 5.91 Å². The first-order chi connectivity index (χ1) is 11.2. The van der Waals surface area contributed by atoms with E-state index in [-0.39, 0.29) is 18.0 Å². The highest BCUT2D eigenvalue weighted by Gasteiger charge is 2.19. The van der Waals surface area contributed by atoms with Gasteiger partial charge in [-0.15, -0.1) is 0 Å². The van der Waals surface area contributed by atoms with E-state index in [9.17, 15) is 4.79 Å². The van der Waals surface area contributed by atoms with Crippen LogP contribution in [0.25, 0.3) is 0 Å². The number of carbonyl (C=O) groups excluding carboxylic acids is 1. The molecule has 1 unspecified atom stereocenters. The lowest BCUT2D eigenvalue weighted by atomic mass is 9.89. The van der Waals surface area contributed by atoms with E-state index in [4.69, 9.17) is 0 Å². The Morgan fingerprint density at radius 2 is 1.88 bits per heavy atom. The molecule has 0 aliphatic carbocycles. The third-order valence-corrected chi connectivity index (χ3v) is 3.80. The van der Waals surface area contributed by atoms with Crippen LogP contribution in [0.5, 0.6) is 0 Å². The quantitative estimate of drug-likeness (QED) is 0.680. The molecule has 1 atom stereocenters. The summed E-state index contributed by atoms with van der Waals surface area (Å²) in [7, 11) is 0. The normalized spacial score (nSPS) is 13.1. The first kappa shape index (κ1) is 20.6. The summed E-state index contributed by atoms with van der Waals surface area (Å²) >= 11 is 0. The van der Waals surface area contributed by atoms with Crippen LogP contribution in [0.3, 0.4) is 0 Å². The summed E-state index contributed by atoms with van der Waals surface area (Å²) in [5, 5.41) is 6.35. The van der Waals surface area contributed by atoms with Crippen molar-refractivity contribution in [1.29, 1.82) is 0 Å². The lowest BCUT2D eigenvalue weighted by Gasteiger charge is -2.22. The van der Waals surface area contributed by atoms with Crippen LogP contribution in [0.2, 0.25) is 0 Å². The molecule has 1 aromatic heterocycles. The van der Waals surface area contributed by atoms with Gasteiger partial charge in [0.05, 0.1) is 30.2 Å². The summed E-state index contributed by atoms with van der Waals surface area (Å²) in [6, 6.07) is 0.130. The SMILES string of the molecule is Cc1cnc(CNC(=O)C(CCCCC(C)(C)C)NC(C)C)cn1. The smallest absolute Gasteiger partial charge is 0.237 e. The minimum Gasteiger partial charge on any atom is -0.349 e. The van der Waals surface area contributed by atoms with E-state index in [1.807, 2.05) is 6.92 Å². The molecule has 5 nitrogen and oxygen atoms in total. The van der Waals surface area contributed by atoms with Crippen molar-refractivity contribution in [2.45, 2.75) is 85.9 Å². The minimum absolute atomic E-state index is 0.0434. The highest BCUT2D eigenvalue weighted by atomic mass is 16.2. The monoisotopic (exact) mass is 334 g/mol. The highest BCUT2D eigenvalue weighted by molar-refractivity contribution is 5.81. The number of nitrogens with zero attached hydrogens (tertiary/aromatic N) is 2. The number of hydrogen-bond acceptors (Lipinski definition) is 4. The molecule has 1 heterocycles. The Bertz CT molecular complexity index is 491. The summed E-state index contributed by atoms with van der Waals surface area (Å²) < 4.78 is 0. The topological polar surface area (TPSA) is 66.9 Å². The predicted octanol–water partition coefficient (Wildman–Crippen LogP) is 3.37. The molecule has 0 aromatic carbocycles. The molecule has 0 aliphatic heterocycles. The number of nitrogens with one attached hydrogen (secondary N) is 2. The maximum absolute atomic E-state index is 12.5. The van der Waals surface area contributed by atoms with Crippen molar-refractivity contribution in [2.75, 3.05) is 0 Å². The zero-order valence-electron chi connectivity index (χ0n) is 16.1. The van der Waals surface area contributed by atoms with Crippen molar-refractivity contribution in [1.82, 2.24) is 20.6 Å². The van der Waals surface area contributed by atoms with Crippen LogP contribution < -0.4 is 10.6 Å². The van der Waals surface area contributed by atoms with Gasteiger partial charge in [0.25, 0.3) is 0 Å². The van der Waals surface area contributed by atoms with Crippen LogP contribution in [0.1, 0.15) is 71.7 Å². The fourth-order valence-electron chi connectivity index (χ4n) is 2.51. The average Bonchev–Trinajstić information content (AvgIpc) is 2.48. The van der Waals surface area contributed by atoms with Crippen molar-refractivity contribution in [2.24, 2.45) is 5.41 Å². The van der Waals surface area contributed by atoms with Gasteiger partial charge >= 0.3 is 0 Å². The van der Waals surface area contributed by atoms with Crippen LogP contribution >= 0.6 is 0 Å². The van der Waals surface area contributed by atoms with E-state index in [2.05, 4.69) is 55.2 Å². The van der Waals surface area contributed by atoms with Gasteiger partial charge in [0.15, 0.2) is 0 Å². The molecule has 1 rings (SSSR count).